The Morgan fingerprint density at radius 3 is 2.44 bits per heavy atom. The molecule has 4 amide bonds. The molecule has 0 radical (unpaired) electrons. The van der Waals surface area contributed by atoms with Gasteiger partial charge >= 0.3 is 6.03 Å². The van der Waals surface area contributed by atoms with E-state index >= 15 is 0 Å². The van der Waals surface area contributed by atoms with Crippen molar-refractivity contribution in [2.24, 2.45) is 5.92 Å². The van der Waals surface area contributed by atoms with Crippen molar-refractivity contribution in [3.63, 3.8) is 0 Å². The number of carbonyl (C=O) groups is 3. The molecule has 0 saturated carbocycles. The average Bonchev–Trinajstić information content (AvgIpc) is 3.41. The number of carbonyl (C=O) groups excluding carboxylic acids is 3. The Balaban J connectivity index is 1.40. The summed E-state index contributed by atoms with van der Waals surface area (Å²) in [5, 5.41) is 2.27. The molecule has 3 heterocycles. The van der Waals surface area contributed by atoms with Gasteiger partial charge in [0.25, 0.3) is 5.91 Å². The number of amides is 4. The second-order valence-electron chi connectivity index (χ2n) is 9.94. The van der Waals surface area contributed by atoms with Crippen molar-refractivity contribution in [1.82, 2.24) is 19.8 Å². The number of aryl methyl sites for hydroxylation is 2. The molecule has 0 unspecified atom stereocenters. The quantitative estimate of drug-likeness (QED) is 0.531. The fourth-order valence-corrected chi connectivity index (χ4v) is 4.88. The lowest BCUT2D eigenvalue weighted by Crippen LogP contribution is -2.38. The lowest BCUT2D eigenvalue weighted by Gasteiger charge is -2.30. The van der Waals surface area contributed by atoms with Crippen LogP contribution in [0.1, 0.15) is 47.6 Å². The molecular weight excluding hydrogens is 454 g/mol. The van der Waals surface area contributed by atoms with Gasteiger partial charge in [0.2, 0.25) is 5.91 Å². The Morgan fingerprint density at radius 1 is 1.03 bits per heavy atom. The number of hydrogen-bond acceptors (Lipinski definition) is 4. The molecule has 0 bridgehead atoms. The van der Waals surface area contributed by atoms with E-state index in [4.69, 9.17) is 4.98 Å². The number of imidazole rings is 1. The van der Waals surface area contributed by atoms with Crippen molar-refractivity contribution in [3.05, 3.63) is 71.0 Å². The zero-order valence-electron chi connectivity index (χ0n) is 21.0. The lowest BCUT2D eigenvalue weighted by molar-refractivity contribution is -0.117. The van der Waals surface area contributed by atoms with E-state index in [1.54, 1.807) is 24.3 Å². The maximum atomic E-state index is 13.4. The van der Waals surface area contributed by atoms with Crippen LogP contribution in [0.4, 0.5) is 10.5 Å². The van der Waals surface area contributed by atoms with Gasteiger partial charge in [-0.3, -0.25) is 19.8 Å². The van der Waals surface area contributed by atoms with E-state index in [1.807, 2.05) is 17.0 Å². The van der Waals surface area contributed by atoms with Gasteiger partial charge in [-0.15, -0.1) is 0 Å². The Morgan fingerprint density at radius 2 is 1.78 bits per heavy atom. The largest absolute Gasteiger partial charge is 0.331 e. The number of aromatic nitrogens is 2. The lowest BCUT2D eigenvalue weighted by atomic mass is 10.0. The molecule has 8 heteroatoms. The van der Waals surface area contributed by atoms with E-state index in [1.165, 1.54) is 10.5 Å². The topological polar surface area (TPSA) is 87.5 Å². The van der Waals surface area contributed by atoms with Gasteiger partial charge in [0.1, 0.15) is 12.4 Å². The van der Waals surface area contributed by atoms with Gasteiger partial charge in [-0.2, -0.15) is 0 Å². The first-order chi connectivity index (χ1) is 17.3. The number of imide groups is 1. The highest BCUT2D eigenvalue weighted by atomic mass is 16.2. The van der Waals surface area contributed by atoms with Crippen molar-refractivity contribution in [2.75, 3.05) is 18.0 Å². The van der Waals surface area contributed by atoms with Crippen LogP contribution < -0.4 is 10.2 Å². The first kappa shape index (κ1) is 23.8. The van der Waals surface area contributed by atoms with Crippen LogP contribution in [0.25, 0.3) is 11.4 Å². The molecule has 1 aromatic heterocycles. The summed E-state index contributed by atoms with van der Waals surface area (Å²) in [4.78, 5) is 45.2. The SMILES string of the molecule is Cc1ccccc1-c1nc(CCC(C)C)c2n1CCN(C(=O)c1ccc(N3CC(=O)NC3=O)cc1)C2. The van der Waals surface area contributed by atoms with Gasteiger partial charge in [-0.1, -0.05) is 38.1 Å². The molecule has 0 spiro atoms. The van der Waals surface area contributed by atoms with E-state index in [0.29, 0.717) is 36.8 Å². The van der Waals surface area contributed by atoms with E-state index in [2.05, 4.69) is 42.8 Å². The predicted octanol–water partition coefficient (Wildman–Crippen LogP) is 4.16. The Bertz CT molecular complexity index is 1330. The van der Waals surface area contributed by atoms with E-state index < -0.39 is 6.03 Å². The molecule has 2 aliphatic heterocycles. The highest BCUT2D eigenvalue weighted by molar-refractivity contribution is 6.12. The molecule has 2 aromatic carbocycles. The summed E-state index contributed by atoms with van der Waals surface area (Å²) in [7, 11) is 0. The molecule has 36 heavy (non-hydrogen) atoms. The second-order valence-corrected chi connectivity index (χ2v) is 9.94. The van der Waals surface area contributed by atoms with Gasteiger partial charge in [0, 0.05) is 29.9 Å². The molecule has 0 aliphatic carbocycles. The van der Waals surface area contributed by atoms with Crippen LogP contribution in [-0.2, 0) is 24.3 Å². The van der Waals surface area contributed by atoms with Crippen molar-refractivity contribution in [1.29, 1.82) is 0 Å². The summed E-state index contributed by atoms with van der Waals surface area (Å²) in [5.41, 5.74) is 5.64. The fraction of sp³-hybridized carbons (Fsp3) is 0.357. The summed E-state index contributed by atoms with van der Waals surface area (Å²) in [5.74, 6) is 1.17. The second kappa shape index (κ2) is 9.60. The summed E-state index contributed by atoms with van der Waals surface area (Å²) >= 11 is 0. The number of urea groups is 1. The van der Waals surface area contributed by atoms with Crippen molar-refractivity contribution >= 4 is 23.5 Å². The van der Waals surface area contributed by atoms with Crippen LogP contribution in [0.5, 0.6) is 0 Å². The minimum absolute atomic E-state index is 0.00931. The number of nitrogens with zero attached hydrogens (tertiary/aromatic N) is 4. The summed E-state index contributed by atoms with van der Waals surface area (Å²) in [6, 6.07) is 14.7. The minimum Gasteiger partial charge on any atom is -0.331 e. The monoisotopic (exact) mass is 485 g/mol. The van der Waals surface area contributed by atoms with Gasteiger partial charge in [-0.05, 0) is 55.5 Å². The number of nitrogens with one attached hydrogen (secondary N) is 1. The van der Waals surface area contributed by atoms with Crippen LogP contribution in [0, 0.1) is 12.8 Å². The molecule has 8 nitrogen and oxygen atoms in total. The van der Waals surface area contributed by atoms with Gasteiger partial charge < -0.3 is 9.47 Å². The van der Waals surface area contributed by atoms with Gasteiger partial charge in [-0.25, -0.2) is 9.78 Å². The normalized spacial score (nSPS) is 15.4. The highest BCUT2D eigenvalue weighted by Gasteiger charge is 2.30. The number of benzene rings is 2. The third-order valence-corrected chi connectivity index (χ3v) is 6.94. The van der Waals surface area contributed by atoms with Crippen molar-refractivity contribution < 1.29 is 14.4 Å². The average molecular weight is 486 g/mol. The third-order valence-electron chi connectivity index (χ3n) is 6.94. The Labute approximate surface area is 210 Å². The smallest absolute Gasteiger partial charge is 0.329 e. The number of anilines is 1. The van der Waals surface area contributed by atoms with Crippen LogP contribution in [0.3, 0.4) is 0 Å². The number of hydrogen-bond donors (Lipinski definition) is 1. The first-order valence-corrected chi connectivity index (χ1v) is 12.5. The minimum atomic E-state index is -0.443. The zero-order valence-corrected chi connectivity index (χ0v) is 21.0. The highest BCUT2D eigenvalue weighted by Crippen LogP contribution is 2.30. The molecule has 1 saturated heterocycles. The van der Waals surface area contributed by atoms with Crippen LogP contribution in [0.2, 0.25) is 0 Å². The summed E-state index contributed by atoms with van der Waals surface area (Å²) in [6.45, 7) is 8.32. The molecule has 1 N–H and O–H groups in total. The molecule has 0 atom stereocenters. The standard InChI is InChI=1S/C28H31N5O3/c1-18(2)8-13-23-24-16-31(14-15-32(24)26(29-23)22-7-5-4-6-19(22)3)27(35)20-9-11-21(12-10-20)33-17-25(34)30-28(33)36/h4-7,9-12,18H,8,13-17H2,1-3H3,(H,30,34,36). The van der Waals surface area contributed by atoms with E-state index in [9.17, 15) is 14.4 Å². The Kier molecular flexibility index (Phi) is 6.35. The summed E-state index contributed by atoms with van der Waals surface area (Å²) in [6.07, 6.45) is 1.92. The fourth-order valence-electron chi connectivity index (χ4n) is 4.88. The van der Waals surface area contributed by atoms with Crippen molar-refractivity contribution in [2.45, 2.75) is 46.7 Å². The van der Waals surface area contributed by atoms with Crippen LogP contribution in [-0.4, -0.2) is 45.4 Å². The molecule has 3 aromatic rings. The zero-order chi connectivity index (χ0) is 25.4. The maximum absolute atomic E-state index is 13.4. The molecular formula is C28H31N5O3. The Hall–Kier alpha value is -3.94. The first-order valence-electron chi connectivity index (χ1n) is 12.5. The molecule has 186 valence electrons. The van der Waals surface area contributed by atoms with Crippen molar-refractivity contribution in [3.8, 4) is 11.4 Å². The van der Waals surface area contributed by atoms with Gasteiger partial charge in [0.05, 0.1) is 17.9 Å². The van der Waals surface area contributed by atoms with Gasteiger partial charge in [0.15, 0.2) is 0 Å². The van der Waals surface area contributed by atoms with Crippen LogP contribution in [0.15, 0.2) is 48.5 Å². The van der Waals surface area contributed by atoms with E-state index in [-0.39, 0.29) is 18.4 Å². The predicted molar refractivity (Wildman–Crippen MR) is 138 cm³/mol. The number of fused-ring (bicyclic) bond motifs is 1. The molecule has 1 fully saturated rings. The third kappa shape index (κ3) is 4.51. The summed E-state index contributed by atoms with van der Waals surface area (Å²) < 4.78 is 2.29. The van der Waals surface area contributed by atoms with Crippen LogP contribution >= 0.6 is 0 Å². The maximum Gasteiger partial charge on any atom is 0.329 e. The molecule has 2 aliphatic rings. The number of rotatable bonds is 6. The molecule has 5 rings (SSSR count). The van der Waals surface area contributed by atoms with E-state index in [0.717, 1.165) is 35.6 Å².